The fourth-order valence-corrected chi connectivity index (χ4v) is 2.12. The normalized spacial score (nSPS) is 11.7. The van der Waals surface area contributed by atoms with E-state index in [1.54, 1.807) is 12.1 Å². The third kappa shape index (κ3) is 2.36. The van der Waals surface area contributed by atoms with Crippen LogP contribution in [0.5, 0.6) is 0 Å². The summed E-state index contributed by atoms with van der Waals surface area (Å²) >= 11 is 0. The Bertz CT molecular complexity index is 677. The summed E-state index contributed by atoms with van der Waals surface area (Å²) in [6.45, 7) is 1.95. The van der Waals surface area contributed by atoms with Crippen LogP contribution in [-0.4, -0.2) is 22.8 Å². The molecule has 0 aliphatic heterocycles. The highest BCUT2D eigenvalue weighted by atomic mass is 32.2. The second-order valence-electron chi connectivity index (χ2n) is 3.80. The molecule has 0 atom stereocenters. The third-order valence-corrected chi connectivity index (χ3v) is 3.36. The van der Waals surface area contributed by atoms with Crippen LogP contribution in [0.2, 0.25) is 0 Å². The van der Waals surface area contributed by atoms with Crippen molar-refractivity contribution in [2.45, 2.75) is 18.2 Å². The molecule has 0 aliphatic carbocycles. The Morgan fingerprint density at radius 2 is 2.11 bits per heavy atom. The second-order valence-corrected chi connectivity index (χ2v) is 5.22. The fraction of sp³-hybridized carbons (Fsp3) is 0.182. The molecule has 1 aromatic heterocycles. The Labute approximate surface area is 105 Å². The van der Waals surface area contributed by atoms with Gasteiger partial charge in [0.15, 0.2) is 0 Å². The zero-order chi connectivity index (χ0) is 13.3. The topological polar surface area (TPSA) is 98.2 Å². The van der Waals surface area contributed by atoms with Gasteiger partial charge in [0.25, 0.3) is 10.1 Å². The average Bonchev–Trinajstić information content (AvgIpc) is 2.70. The van der Waals surface area contributed by atoms with Crippen molar-refractivity contribution in [2.75, 3.05) is 5.73 Å². The lowest BCUT2D eigenvalue weighted by molar-refractivity contribution is 0.483. The van der Waals surface area contributed by atoms with Crippen molar-refractivity contribution in [2.24, 2.45) is 0 Å². The standard InChI is InChI=1S/C11H13N3O3S/c1-2-8-6-11(12)14(13-8)9-4-3-5-10(7-9)18(15,16)17/h3-7H,2,12H2,1H3,(H,15,16,17). The van der Waals surface area contributed by atoms with Crippen molar-refractivity contribution in [1.82, 2.24) is 9.78 Å². The largest absolute Gasteiger partial charge is 0.384 e. The highest BCUT2D eigenvalue weighted by Crippen LogP contribution is 2.18. The molecule has 18 heavy (non-hydrogen) atoms. The summed E-state index contributed by atoms with van der Waals surface area (Å²) in [7, 11) is -4.23. The number of rotatable bonds is 3. The highest BCUT2D eigenvalue weighted by Gasteiger charge is 2.12. The number of nitrogens with two attached hydrogens (primary N) is 1. The molecule has 0 saturated heterocycles. The molecule has 0 spiro atoms. The van der Waals surface area contributed by atoms with Gasteiger partial charge < -0.3 is 5.73 Å². The third-order valence-electron chi connectivity index (χ3n) is 2.51. The molecule has 7 heteroatoms. The molecule has 6 nitrogen and oxygen atoms in total. The van der Waals surface area contributed by atoms with Crippen LogP contribution >= 0.6 is 0 Å². The van der Waals surface area contributed by atoms with E-state index >= 15 is 0 Å². The Kier molecular flexibility index (Phi) is 3.10. The van der Waals surface area contributed by atoms with Crippen LogP contribution in [-0.2, 0) is 16.5 Å². The SMILES string of the molecule is CCc1cc(N)n(-c2cccc(S(=O)(=O)O)c2)n1. The predicted octanol–water partition coefficient (Wildman–Crippen LogP) is 1.26. The van der Waals surface area contributed by atoms with Crippen LogP contribution in [0, 0.1) is 0 Å². The number of aryl methyl sites for hydroxylation is 1. The number of nitrogens with zero attached hydrogens (tertiary/aromatic N) is 2. The molecule has 1 heterocycles. The smallest absolute Gasteiger partial charge is 0.294 e. The molecule has 0 aliphatic rings. The van der Waals surface area contributed by atoms with E-state index in [9.17, 15) is 8.42 Å². The minimum atomic E-state index is -4.23. The molecule has 0 unspecified atom stereocenters. The van der Waals surface area contributed by atoms with Crippen molar-refractivity contribution in [3.05, 3.63) is 36.0 Å². The summed E-state index contributed by atoms with van der Waals surface area (Å²) in [6, 6.07) is 7.53. The van der Waals surface area contributed by atoms with E-state index in [0.29, 0.717) is 11.5 Å². The van der Waals surface area contributed by atoms with Gasteiger partial charge in [0.2, 0.25) is 0 Å². The molecular weight excluding hydrogens is 254 g/mol. The lowest BCUT2D eigenvalue weighted by Crippen LogP contribution is -2.04. The number of benzene rings is 1. The van der Waals surface area contributed by atoms with Gasteiger partial charge in [-0.05, 0) is 24.6 Å². The minimum absolute atomic E-state index is 0.187. The van der Waals surface area contributed by atoms with Gasteiger partial charge in [0.05, 0.1) is 16.3 Å². The van der Waals surface area contributed by atoms with Crippen molar-refractivity contribution < 1.29 is 13.0 Å². The first-order chi connectivity index (χ1) is 8.41. The van der Waals surface area contributed by atoms with E-state index in [0.717, 1.165) is 12.1 Å². The fourth-order valence-electron chi connectivity index (χ4n) is 1.60. The average molecular weight is 267 g/mol. The molecule has 0 bridgehead atoms. The number of hydrogen-bond acceptors (Lipinski definition) is 4. The maximum Gasteiger partial charge on any atom is 0.294 e. The maximum absolute atomic E-state index is 11.1. The van der Waals surface area contributed by atoms with Gasteiger partial charge in [-0.25, -0.2) is 4.68 Å². The van der Waals surface area contributed by atoms with Gasteiger partial charge in [0.1, 0.15) is 5.82 Å². The quantitative estimate of drug-likeness (QED) is 0.816. The Hall–Kier alpha value is -1.86. The molecule has 2 aromatic rings. The Balaban J connectivity index is 2.54. The van der Waals surface area contributed by atoms with Gasteiger partial charge in [-0.2, -0.15) is 13.5 Å². The second kappa shape index (κ2) is 4.43. The van der Waals surface area contributed by atoms with Gasteiger partial charge in [-0.3, -0.25) is 4.55 Å². The van der Waals surface area contributed by atoms with E-state index in [4.69, 9.17) is 10.3 Å². The molecule has 0 saturated carbocycles. The van der Waals surface area contributed by atoms with Crippen LogP contribution < -0.4 is 5.73 Å². The highest BCUT2D eigenvalue weighted by molar-refractivity contribution is 7.85. The first-order valence-corrected chi connectivity index (χ1v) is 6.78. The van der Waals surface area contributed by atoms with Gasteiger partial charge >= 0.3 is 0 Å². The van der Waals surface area contributed by atoms with Crippen LogP contribution in [0.3, 0.4) is 0 Å². The van der Waals surface area contributed by atoms with Gasteiger partial charge in [0, 0.05) is 6.07 Å². The summed E-state index contributed by atoms with van der Waals surface area (Å²) in [5.41, 5.74) is 7.09. The molecule has 96 valence electrons. The van der Waals surface area contributed by atoms with E-state index in [1.165, 1.54) is 22.9 Å². The Morgan fingerprint density at radius 3 is 2.67 bits per heavy atom. The zero-order valence-corrected chi connectivity index (χ0v) is 10.6. The summed E-state index contributed by atoms with van der Waals surface area (Å²) < 4.78 is 32.5. The summed E-state index contributed by atoms with van der Waals surface area (Å²) in [6.07, 6.45) is 0.731. The number of hydrogen-bond donors (Lipinski definition) is 2. The first kappa shape index (κ1) is 12.6. The maximum atomic E-state index is 11.1. The zero-order valence-electron chi connectivity index (χ0n) is 9.74. The number of nitrogen functional groups attached to an aromatic ring is 1. The van der Waals surface area contributed by atoms with Crippen molar-refractivity contribution >= 4 is 15.9 Å². The van der Waals surface area contributed by atoms with Crippen molar-refractivity contribution in [1.29, 1.82) is 0 Å². The summed E-state index contributed by atoms with van der Waals surface area (Å²) in [5, 5.41) is 4.24. The van der Waals surface area contributed by atoms with Gasteiger partial charge in [-0.15, -0.1) is 0 Å². The molecule has 0 radical (unpaired) electrons. The molecule has 3 N–H and O–H groups in total. The van der Waals surface area contributed by atoms with Crippen LogP contribution in [0.1, 0.15) is 12.6 Å². The lowest BCUT2D eigenvalue weighted by atomic mass is 10.3. The number of anilines is 1. The van der Waals surface area contributed by atoms with Gasteiger partial charge in [-0.1, -0.05) is 13.0 Å². The summed E-state index contributed by atoms with van der Waals surface area (Å²) in [4.78, 5) is -0.187. The summed E-state index contributed by atoms with van der Waals surface area (Å²) in [5.74, 6) is 0.416. The van der Waals surface area contributed by atoms with Crippen molar-refractivity contribution in [3.63, 3.8) is 0 Å². The minimum Gasteiger partial charge on any atom is -0.384 e. The van der Waals surface area contributed by atoms with Crippen LogP contribution in [0.25, 0.3) is 5.69 Å². The predicted molar refractivity (Wildman–Crippen MR) is 67.2 cm³/mol. The van der Waals surface area contributed by atoms with Crippen molar-refractivity contribution in [3.8, 4) is 5.69 Å². The molecule has 2 rings (SSSR count). The Morgan fingerprint density at radius 1 is 1.39 bits per heavy atom. The monoisotopic (exact) mass is 267 g/mol. The van der Waals surface area contributed by atoms with E-state index in [2.05, 4.69) is 5.10 Å². The van der Waals surface area contributed by atoms with E-state index < -0.39 is 10.1 Å². The first-order valence-electron chi connectivity index (χ1n) is 5.34. The molecule has 1 aromatic carbocycles. The molecular formula is C11H13N3O3S. The lowest BCUT2D eigenvalue weighted by Gasteiger charge is -2.05. The van der Waals surface area contributed by atoms with Crippen LogP contribution in [0.15, 0.2) is 35.2 Å². The molecule has 0 fully saturated rings. The van der Waals surface area contributed by atoms with E-state index in [-0.39, 0.29) is 4.90 Å². The van der Waals surface area contributed by atoms with E-state index in [1.807, 2.05) is 6.92 Å². The molecule has 0 amide bonds. The number of aromatic nitrogens is 2. The van der Waals surface area contributed by atoms with Crippen LogP contribution in [0.4, 0.5) is 5.82 Å².